The number of nitrogens with one attached hydrogen (secondary N) is 1. The van der Waals surface area contributed by atoms with Gasteiger partial charge >= 0.3 is 0 Å². The molecule has 96 valence electrons. The highest BCUT2D eigenvalue weighted by Crippen LogP contribution is 2.22. The van der Waals surface area contributed by atoms with E-state index in [4.69, 9.17) is 5.73 Å². The normalized spacial score (nSPS) is 12.3. The summed E-state index contributed by atoms with van der Waals surface area (Å²) in [4.78, 5) is 16.0. The Morgan fingerprint density at radius 2 is 2.39 bits per heavy atom. The molecule has 9 heteroatoms. The van der Waals surface area contributed by atoms with Crippen molar-refractivity contribution in [2.45, 2.75) is 18.1 Å². The van der Waals surface area contributed by atoms with Crippen LogP contribution in [0.2, 0.25) is 0 Å². The fraction of sp³-hybridized carbons (Fsp3) is 0.333. The van der Waals surface area contributed by atoms with Crippen LogP contribution in [0.15, 0.2) is 16.7 Å². The Morgan fingerprint density at radius 3 is 3.00 bits per heavy atom. The summed E-state index contributed by atoms with van der Waals surface area (Å²) in [5, 5.41) is 13.3. The Labute approximate surface area is 112 Å². The van der Waals surface area contributed by atoms with Crippen molar-refractivity contribution in [3.63, 3.8) is 0 Å². The van der Waals surface area contributed by atoms with Gasteiger partial charge in [0.15, 0.2) is 10.3 Å². The topological polar surface area (TPSA) is 98.7 Å². The molecule has 0 aromatic carbocycles. The van der Waals surface area contributed by atoms with Crippen LogP contribution < -0.4 is 11.1 Å². The summed E-state index contributed by atoms with van der Waals surface area (Å²) in [6, 6.07) is -0.494. The van der Waals surface area contributed by atoms with Crippen molar-refractivity contribution in [2.24, 2.45) is 0 Å². The van der Waals surface area contributed by atoms with Gasteiger partial charge in [-0.2, -0.15) is 0 Å². The van der Waals surface area contributed by atoms with E-state index < -0.39 is 6.04 Å². The number of amides is 1. The van der Waals surface area contributed by atoms with E-state index in [1.165, 1.54) is 23.1 Å². The predicted octanol–water partition coefficient (Wildman–Crippen LogP) is 1.24. The highest BCUT2D eigenvalue weighted by Gasteiger charge is 2.21. The molecule has 1 unspecified atom stereocenters. The molecule has 7 nitrogen and oxygen atoms in total. The summed E-state index contributed by atoms with van der Waals surface area (Å²) in [5.74, 6) is 0.0212. The minimum absolute atomic E-state index is 0.202. The van der Waals surface area contributed by atoms with Crippen molar-refractivity contribution in [1.82, 2.24) is 19.7 Å². The van der Waals surface area contributed by atoms with Crippen LogP contribution in [-0.4, -0.2) is 31.9 Å². The molecule has 0 aliphatic heterocycles. The van der Waals surface area contributed by atoms with E-state index in [0.717, 1.165) is 0 Å². The Kier molecular flexibility index (Phi) is 3.82. The maximum absolute atomic E-state index is 12.0. The molecule has 0 saturated heterocycles. The van der Waals surface area contributed by atoms with Gasteiger partial charge in [-0.05, 0) is 13.2 Å². The Balaban J connectivity index is 2.17. The molecule has 0 fully saturated rings. The average Bonchev–Trinajstić information content (AvgIpc) is 2.97. The first-order chi connectivity index (χ1) is 8.63. The molecule has 3 N–H and O–H groups in total. The second kappa shape index (κ2) is 5.36. The molecular formula is C9H12N6OS2. The van der Waals surface area contributed by atoms with Crippen molar-refractivity contribution in [1.29, 1.82) is 0 Å². The minimum atomic E-state index is -0.494. The van der Waals surface area contributed by atoms with E-state index >= 15 is 0 Å². The van der Waals surface area contributed by atoms with Crippen molar-refractivity contribution in [2.75, 3.05) is 17.3 Å². The maximum Gasteiger partial charge on any atom is 0.249 e. The molecule has 0 bridgehead atoms. The first-order valence-corrected chi connectivity index (χ1v) is 7.18. The number of hydrogen-bond acceptors (Lipinski definition) is 7. The summed E-state index contributed by atoms with van der Waals surface area (Å²) >= 11 is 2.75. The number of anilines is 2. The van der Waals surface area contributed by atoms with Crippen LogP contribution in [0.4, 0.5) is 11.1 Å². The maximum atomic E-state index is 12.0. The third-order valence-corrected chi connectivity index (χ3v) is 3.63. The van der Waals surface area contributed by atoms with Crippen molar-refractivity contribution >= 4 is 40.1 Å². The lowest BCUT2D eigenvalue weighted by Crippen LogP contribution is -2.25. The summed E-state index contributed by atoms with van der Waals surface area (Å²) in [5.41, 5.74) is 5.71. The first kappa shape index (κ1) is 12.8. The largest absolute Gasteiger partial charge is 0.368 e. The molecule has 1 atom stereocenters. The molecule has 0 radical (unpaired) electrons. The zero-order chi connectivity index (χ0) is 13.1. The van der Waals surface area contributed by atoms with Gasteiger partial charge in [0, 0.05) is 11.6 Å². The average molecular weight is 284 g/mol. The van der Waals surface area contributed by atoms with Crippen LogP contribution in [0.25, 0.3) is 0 Å². The number of nitrogen functional groups attached to an aromatic ring is 1. The van der Waals surface area contributed by atoms with E-state index in [-0.39, 0.29) is 11.9 Å². The van der Waals surface area contributed by atoms with Crippen LogP contribution in [-0.2, 0) is 4.79 Å². The van der Waals surface area contributed by atoms with Crippen LogP contribution in [0.1, 0.15) is 13.0 Å². The summed E-state index contributed by atoms with van der Waals surface area (Å²) in [7, 11) is 0. The number of hydrogen-bond donors (Lipinski definition) is 2. The third-order valence-electron chi connectivity index (χ3n) is 2.30. The Bertz CT molecular complexity index is 537. The van der Waals surface area contributed by atoms with E-state index in [1.807, 2.05) is 6.26 Å². The van der Waals surface area contributed by atoms with Crippen molar-refractivity contribution in [3.8, 4) is 0 Å². The monoisotopic (exact) mass is 284 g/mol. The van der Waals surface area contributed by atoms with Gasteiger partial charge in [0.05, 0.1) is 0 Å². The molecular weight excluding hydrogens is 272 g/mol. The smallest absolute Gasteiger partial charge is 0.249 e. The number of nitrogens with two attached hydrogens (primary N) is 1. The predicted molar refractivity (Wildman–Crippen MR) is 71.7 cm³/mol. The number of aromatic nitrogens is 4. The van der Waals surface area contributed by atoms with Crippen LogP contribution in [0.5, 0.6) is 0 Å². The van der Waals surface area contributed by atoms with E-state index in [0.29, 0.717) is 10.3 Å². The standard InChI is InChI=1S/C9H12N6OS2/c1-5(6(16)12-8-11-3-4-18-8)15-7(10)13-14-9(15)17-2/h3-5H,1-2H3,(H2,10,13)(H,11,12,16). The van der Waals surface area contributed by atoms with Gasteiger partial charge in [-0.15, -0.1) is 21.5 Å². The van der Waals surface area contributed by atoms with Crippen LogP contribution in [0.3, 0.4) is 0 Å². The quantitative estimate of drug-likeness (QED) is 0.820. The van der Waals surface area contributed by atoms with Gasteiger partial charge in [0.2, 0.25) is 11.9 Å². The van der Waals surface area contributed by atoms with Crippen LogP contribution in [0, 0.1) is 0 Å². The SMILES string of the molecule is CSc1nnc(N)n1C(C)C(=O)Nc1nccs1. The zero-order valence-electron chi connectivity index (χ0n) is 9.82. The number of nitrogens with zero attached hydrogens (tertiary/aromatic N) is 4. The minimum Gasteiger partial charge on any atom is -0.368 e. The zero-order valence-corrected chi connectivity index (χ0v) is 11.5. The van der Waals surface area contributed by atoms with E-state index in [9.17, 15) is 4.79 Å². The Morgan fingerprint density at radius 1 is 1.61 bits per heavy atom. The number of carbonyl (C=O) groups excluding carboxylic acids is 1. The van der Waals surface area contributed by atoms with Gasteiger partial charge in [0.25, 0.3) is 0 Å². The van der Waals surface area contributed by atoms with Gasteiger partial charge in [0.1, 0.15) is 6.04 Å². The summed E-state index contributed by atoms with van der Waals surface area (Å²) in [6.45, 7) is 1.74. The molecule has 1 amide bonds. The second-order valence-corrected chi connectivity index (χ2v) is 5.09. The Hall–Kier alpha value is -1.61. The lowest BCUT2D eigenvalue weighted by atomic mass is 10.3. The molecule has 18 heavy (non-hydrogen) atoms. The summed E-state index contributed by atoms with van der Waals surface area (Å²) in [6.07, 6.45) is 3.48. The second-order valence-electron chi connectivity index (χ2n) is 3.42. The van der Waals surface area contributed by atoms with Gasteiger partial charge in [-0.1, -0.05) is 11.8 Å². The lowest BCUT2D eigenvalue weighted by molar-refractivity contribution is -0.118. The van der Waals surface area contributed by atoms with Gasteiger partial charge < -0.3 is 11.1 Å². The fourth-order valence-electron chi connectivity index (χ4n) is 1.40. The van der Waals surface area contributed by atoms with E-state index in [2.05, 4.69) is 20.5 Å². The number of thioether (sulfide) groups is 1. The third kappa shape index (κ3) is 2.46. The van der Waals surface area contributed by atoms with Crippen molar-refractivity contribution in [3.05, 3.63) is 11.6 Å². The van der Waals surface area contributed by atoms with Crippen molar-refractivity contribution < 1.29 is 4.79 Å². The first-order valence-electron chi connectivity index (χ1n) is 5.08. The van der Waals surface area contributed by atoms with Crippen LogP contribution >= 0.6 is 23.1 Å². The summed E-state index contributed by atoms with van der Waals surface area (Å²) < 4.78 is 1.59. The highest BCUT2D eigenvalue weighted by atomic mass is 32.2. The molecule has 2 rings (SSSR count). The van der Waals surface area contributed by atoms with Gasteiger partial charge in [-0.25, -0.2) is 4.98 Å². The number of carbonyl (C=O) groups is 1. The van der Waals surface area contributed by atoms with Gasteiger partial charge in [-0.3, -0.25) is 9.36 Å². The fourth-order valence-corrected chi connectivity index (χ4v) is 2.51. The highest BCUT2D eigenvalue weighted by molar-refractivity contribution is 7.98. The molecule has 2 aromatic heterocycles. The number of rotatable bonds is 4. The van der Waals surface area contributed by atoms with E-state index in [1.54, 1.807) is 23.1 Å². The molecule has 2 heterocycles. The lowest BCUT2D eigenvalue weighted by Gasteiger charge is -2.14. The molecule has 0 aliphatic carbocycles. The number of thiazole rings is 1. The molecule has 0 saturated carbocycles. The molecule has 2 aromatic rings. The molecule has 0 aliphatic rings. The molecule has 0 spiro atoms.